The minimum Gasteiger partial charge on any atom is -0.456 e. The van der Waals surface area contributed by atoms with Gasteiger partial charge in [-0.05, 0) is 194 Å². The van der Waals surface area contributed by atoms with E-state index in [0.29, 0.717) is 17.3 Å². The summed E-state index contributed by atoms with van der Waals surface area (Å²) < 4.78 is 6.64. The molecule has 3 unspecified atom stereocenters. The fraction of sp³-hybridized carbons (Fsp3) is 0.288. The van der Waals surface area contributed by atoms with Crippen molar-refractivity contribution in [3.63, 3.8) is 0 Å². The van der Waals surface area contributed by atoms with Crippen molar-refractivity contribution in [1.29, 1.82) is 0 Å². The van der Waals surface area contributed by atoms with E-state index < -0.39 is 0 Å². The molecule has 1 spiro atoms. The third-order valence-corrected chi connectivity index (χ3v) is 17.1. The molecule has 1 aromatic heterocycles. The van der Waals surface area contributed by atoms with E-state index in [9.17, 15) is 0 Å². The largest absolute Gasteiger partial charge is 0.456 e. The number of nitrogens with zero attached hydrogens (tertiary/aromatic N) is 2. The van der Waals surface area contributed by atoms with E-state index in [4.69, 9.17) is 4.42 Å². The van der Waals surface area contributed by atoms with Crippen LogP contribution in [-0.4, -0.2) is 0 Å². The van der Waals surface area contributed by atoms with Crippen molar-refractivity contribution in [2.75, 3.05) is 9.80 Å². The molecule has 0 amide bonds. The summed E-state index contributed by atoms with van der Waals surface area (Å²) in [6, 6.07) is 62.1. The standard InChI is InChI=1S/C59H52N2O/c1-3-13-46(14-4-1)60(47-15-5-2-6-16-47)52-18-9-11-41-32-44-21-22-45-33-42-12-10-19-53(57(42)59(44,45)56(41)52)61(49-27-28-51-50-17-7-8-20-54(50)62-55(51)34-49)48-25-23-43(24-26-48)58-35-38-29-39(36-58)31-40(30-38)37-58/h1-20,23-28,34,38-40,44-45H,21-22,29-33,35-37H2. The number of benzene rings is 7. The number of fused-ring (bicyclic) bond motifs is 5. The number of para-hydroxylation sites is 3. The molecule has 5 fully saturated rings. The van der Waals surface area contributed by atoms with Gasteiger partial charge in [-0.2, -0.15) is 0 Å². The second kappa shape index (κ2) is 13.2. The molecule has 0 saturated heterocycles. The molecule has 4 bridgehead atoms. The van der Waals surface area contributed by atoms with Crippen LogP contribution in [0.4, 0.5) is 34.1 Å². The van der Waals surface area contributed by atoms with Gasteiger partial charge in [0.05, 0.1) is 11.4 Å². The van der Waals surface area contributed by atoms with Crippen LogP contribution < -0.4 is 9.80 Å². The summed E-state index contributed by atoms with van der Waals surface area (Å²) in [7, 11) is 0. The van der Waals surface area contributed by atoms with Crippen LogP contribution in [-0.2, 0) is 23.7 Å². The Hall–Kier alpha value is -6.06. The van der Waals surface area contributed by atoms with Gasteiger partial charge in [-0.15, -0.1) is 0 Å². The SMILES string of the molecule is c1ccc(N(c2ccccc2)c2cccc3c2C24c5c(cccc5N(c5ccc(C67CC8CC(CC(C8)C6)C7)cc5)c5ccc6c(c5)oc5ccccc56)CC2CCC4C3)cc1. The molecule has 7 aliphatic rings. The maximum Gasteiger partial charge on any atom is 0.137 e. The van der Waals surface area contributed by atoms with Crippen molar-refractivity contribution in [1.82, 2.24) is 0 Å². The van der Waals surface area contributed by atoms with Gasteiger partial charge in [0, 0.05) is 45.0 Å². The van der Waals surface area contributed by atoms with Crippen LogP contribution in [0.5, 0.6) is 0 Å². The van der Waals surface area contributed by atoms with E-state index in [1.165, 1.54) is 102 Å². The summed E-state index contributed by atoms with van der Waals surface area (Å²) in [5.41, 5.74) is 17.3. The molecule has 62 heavy (non-hydrogen) atoms. The van der Waals surface area contributed by atoms with E-state index in [-0.39, 0.29) is 5.41 Å². The highest BCUT2D eigenvalue weighted by molar-refractivity contribution is 6.06. The van der Waals surface area contributed by atoms with E-state index in [2.05, 4.69) is 174 Å². The molecule has 0 radical (unpaired) electrons. The number of anilines is 6. The van der Waals surface area contributed by atoms with Crippen LogP contribution in [0.15, 0.2) is 168 Å². The molecule has 15 rings (SSSR count). The minimum absolute atomic E-state index is 0.111. The molecule has 8 aromatic rings. The smallest absolute Gasteiger partial charge is 0.137 e. The lowest BCUT2D eigenvalue weighted by atomic mass is 9.48. The molecule has 304 valence electrons. The monoisotopic (exact) mass is 804 g/mol. The van der Waals surface area contributed by atoms with Crippen molar-refractivity contribution in [3.8, 4) is 0 Å². The van der Waals surface area contributed by atoms with Gasteiger partial charge in [-0.3, -0.25) is 0 Å². The first kappa shape index (κ1) is 35.5. The maximum atomic E-state index is 6.64. The highest BCUT2D eigenvalue weighted by atomic mass is 16.3. The molecule has 3 atom stereocenters. The van der Waals surface area contributed by atoms with Crippen molar-refractivity contribution in [2.24, 2.45) is 29.6 Å². The van der Waals surface area contributed by atoms with Gasteiger partial charge in [0.25, 0.3) is 0 Å². The molecular formula is C59H52N2O. The Kier molecular flexibility index (Phi) is 7.58. The van der Waals surface area contributed by atoms with Crippen molar-refractivity contribution < 1.29 is 4.42 Å². The number of hydrogen-bond acceptors (Lipinski definition) is 3. The number of furan rings is 1. The normalized spacial score (nSPS) is 27.3. The highest BCUT2D eigenvalue weighted by Gasteiger charge is 2.62. The Morgan fingerprint density at radius 2 is 0.935 bits per heavy atom. The van der Waals surface area contributed by atoms with Crippen LogP contribution in [0.25, 0.3) is 21.9 Å². The first-order chi connectivity index (χ1) is 30.6. The van der Waals surface area contributed by atoms with Crippen LogP contribution in [0, 0.1) is 29.6 Å². The maximum absolute atomic E-state index is 6.64. The molecule has 0 N–H and O–H groups in total. The Morgan fingerprint density at radius 3 is 1.53 bits per heavy atom. The average molecular weight is 805 g/mol. The summed E-state index contributed by atoms with van der Waals surface area (Å²) >= 11 is 0. The van der Waals surface area contributed by atoms with E-state index in [1.807, 2.05) is 0 Å². The van der Waals surface area contributed by atoms with Gasteiger partial charge in [0.15, 0.2) is 0 Å². The van der Waals surface area contributed by atoms with Crippen molar-refractivity contribution in [2.45, 2.75) is 75.0 Å². The summed E-state index contributed by atoms with van der Waals surface area (Å²) in [5.74, 6) is 3.84. The minimum atomic E-state index is -0.111. The van der Waals surface area contributed by atoms with Crippen LogP contribution in [0.3, 0.4) is 0 Å². The van der Waals surface area contributed by atoms with E-state index >= 15 is 0 Å². The fourth-order valence-corrected chi connectivity index (χ4v) is 15.3. The average Bonchev–Trinajstić information content (AvgIpc) is 4.04. The predicted molar refractivity (Wildman–Crippen MR) is 254 cm³/mol. The fourth-order valence-electron chi connectivity index (χ4n) is 15.3. The van der Waals surface area contributed by atoms with E-state index in [0.717, 1.165) is 47.4 Å². The molecule has 1 heterocycles. The molecule has 5 saturated carbocycles. The Labute approximate surface area is 365 Å². The summed E-state index contributed by atoms with van der Waals surface area (Å²) in [6.45, 7) is 0. The van der Waals surface area contributed by atoms with Gasteiger partial charge >= 0.3 is 0 Å². The molecule has 7 aromatic carbocycles. The van der Waals surface area contributed by atoms with Gasteiger partial charge in [-0.25, -0.2) is 0 Å². The first-order valence-corrected chi connectivity index (χ1v) is 23.6. The lowest BCUT2D eigenvalue weighted by Crippen LogP contribution is -2.48. The quantitative estimate of drug-likeness (QED) is 0.160. The number of rotatable bonds is 7. The van der Waals surface area contributed by atoms with Gasteiger partial charge in [0.2, 0.25) is 0 Å². The Morgan fingerprint density at radius 1 is 0.435 bits per heavy atom. The van der Waals surface area contributed by atoms with Gasteiger partial charge < -0.3 is 14.2 Å². The predicted octanol–water partition coefficient (Wildman–Crippen LogP) is 15.4. The third kappa shape index (κ3) is 5.00. The lowest BCUT2D eigenvalue weighted by molar-refractivity contribution is -0.00518. The van der Waals surface area contributed by atoms with Crippen molar-refractivity contribution >= 4 is 56.1 Å². The molecule has 7 aliphatic carbocycles. The van der Waals surface area contributed by atoms with Gasteiger partial charge in [0.1, 0.15) is 11.2 Å². The Balaban J connectivity index is 0.982. The molecule has 0 aliphatic heterocycles. The molecule has 3 heteroatoms. The van der Waals surface area contributed by atoms with Crippen molar-refractivity contribution in [3.05, 3.63) is 192 Å². The van der Waals surface area contributed by atoms with E-state index in [1.54, 1.807) is 16.7 Å². The summed E-state index contributed by atoms with van der Waals surface area (Å²) in [6.07, 6.45) is 13.3. The molecular weight excluding hydrogens is 753 g/mol. The van der Waals surface area contributed by atoms with Crippen LogP contribution in [0.2, 0.25) is 0 Å². The second-order valence-electron chi connectivity index (χ2n) is 20.2. The van der Waals surface area contributed by atoms with Gasteiger partial charge in [-0.1, -0.05) is 91.0 Å². The topological polar surface area (TPSA) is 19.6 Å². The zero-order valence-electron chi connectivity index (χ0n) is 35.3. The second-order valence-corrected chi connectivity index (χ2v) is 20.2. The molecule has 3 nitrogen and oxygen atoms in total. The summed E-state index contributed by atoms with van der Waals surface area (Å²) in [5, 5.41) is 2.35. The first-order valence-electron chi connectivity index (χ1n) is 23.6. The zero-order chi connectivity index (χ0) is 40.6. The van der Waals surface area contributed by atoms with Crippen LogP contribution in [0.1, 0.15) is 79.2 Å². The summed E-state index contributed by atoms with van der Waals surface area (Å²) in [4.78, 5) is 5.16. The lowest BCUT2D eigenvalue weighted by Gasteiger charge is -2.57. The third-order valence-electron chi connectivity index (χ3n) is 17.1. The highest BCUT2D eigenvalue weighted by Crippen LogP contribution is 2.69. The zero-order valence-corrected chi connectivity index (χ0v) is 35.3. The Bertz CT molecular complexity index is 2950. The number of hydrogen-bond donors (Lipinski definition) is 0. The van der Waals surface area contributed by atoms with Crippen LogP contribution >= 0.6 is 0 Å².